The lowest BCUT2D eigenvalue weighted by molar-refractivity contribution is 0.664. The summed E-state index contributed by atoms with van der Waals surface area (Å²) in [5, 5.41) is 0. The van der Waals surface area contributed by atoms with Gasteiger partial charge in [-0.05, 0) is 18.8 Å². The molecule has 0 bridgehead atoms. The Morgan fingerprint density at radius 1 is 1.62 bits per heavy atom. The number of hydrogen-bond acceptors (Lipinski definition) is 2. The van der Waals surface area contributed by atoms with E-state index in [9.17, 15) is 0 Å². The van der Waals surface area contributed by atoms with Crippen LogP contribution in [0.15, 0.2) is 28.9 Å². The Morgan fingerprint density at radius 3 is 3.00 bits per heavy atom. The molecule has 1 aliphatic carbocycles. The average molecular weight is 178 g/mol. The van der Waals surface area contributed by atoms with Crippen molar-refractivity contribution in [1.82, 2.24) is 0 Å². The fourth-order valence-corrected chi connectivity index (χ4v) is 1.29. The van der Waals surface area contributed by atoms with Crippen LogP contribution in [0.5, 0.6) is 0 Å². The molecule has 0 saturated carbocycles. The van der Waals surface area contributed by atoms with E-state index >= 15 is 0 Å². The molecule has 0 aromatic heterocycles. The van der Waals surface area contributed by atoms with Crippen LogP contribution in [-0.4, -0.2) is 12.3 Å². The van der Waals surface area contributed by atoms with Crippen LogP contribution in [0.4, 0.5) is 0 Å². The third-order valence-electron chi connectivity index (χ3n) is 2.01. The molecule has 2 heteroatoms. The zero-order valence-corrected chi connectivity index (χ0v) is 8.46. The van der Waals surface area contributed by atoms with E-state index < -0.39 is 0 Å². The average Bonchev–Trinajstić information content (AvgIpc) is 2.15. The predicted octanol–water partition coefficient (Wildman–Crippen LogP) is 2.28. The summed E-state index contributed by atoms with van der Waals surface area (Å²) in [6, 6.07) is 0. The largest absolute Gasteiger partial charge is 0.404 e. The molecule has 13 heavy (non-hydrogen) atoms. The second-order valence-electron chi connectivity index (χ2n) is 3.74. The Hall–Kier alpha value is -1.05. The van der Waals surface area contributed by atoms with E-state index in [-0.39, 0.29) is 0 Å². The minimum atomic E-state index is 0.623. The van der Waals surface area contributed by atoms with Gasteiger partial charge in [-0.1, -0.05) is 26.0 Å². The van der Waals surface area contributed by atoms with Crippen LogP contribution in [0.2, 0.25) is 0 Å². The van der Waals surface area contributed by atoms with Gasteiger partial charge in [-0.2, -0.15) is 0 Å². The molecule has 0 amide bonds. The fourth-order valence-electron chi connectivity index (χ4n) is 1.29. The molecule has 0 fully saturated rings. The van der Waals surface area contributed by atoms with E-state index in [1.165, 1.54) is 5.71 Å². The fraction of sp³-hybridized carbons (Fsp3) is 0.545. The number of aliphatic imine (C=N–C) groups is 1. The first-order chi connectivity index (χ1) is 6.24. The van der Waals surface area contributed by atoms with E-state index in [1.54, 1.807) is 6.20 Å². The lowest BCUT2D eigenvalue weighted by atomic mass is 10.0. The van der Waals surface area contributed by atoms with E-state index in [1.807, 2.05) is 0 Å². The Kier molecular flexibility index (Phi) is 3.74. The van der Waals surface area contributed by atoms with Crippen LogP contribution in [0.25, 0.3) is 0 Å². The van der Waals surface area contributed by atoms with Crippen molar-refractivity contribution >= 4 is 5.71 Å². The van der Waals surface area contributed by atoms with Crippen LogP contribution < -0.4 is 5.73 Å². The molecule has 0 radical (unpaired) electrons. The summed E-state index contributed by atoms with van der Waals surface area (Å²) in [7, 11) is 0. The monoisotopic (exact) mass is 178 g/mol. The quantitative estimate of drug-likeness (QED) is 0.692. The van der Waals surface area contributed by atoms with Gasteiger partial charge in [0.2, 0.25) is 0 Å². The summed E-state index contributed by atoms with van der Waals surface area (Å²) in [6.45, 7) is 5.25. The lowest BCUT2D eigenvalue weighted by Gasteiger charge is -2.11. The van der Waals surface area contributed by atoms with E-state index in [2.05, 4.69) is 31.0 Å². The molecule has 0 aliphatic heterocycles. The normalized spacial score (nSPS) is 23.3. The Bertz CT molecular complexity index is 247. The van der Waals surface area contributed by atoms with Crippen molar-refractivity contribution < 1.29 is 0 Å². The molecule has 0 unspecified atom stereocenters. The van der Waals surface area contributed by atoms with E-state index in [4.69, 9.17) is 5.73 Å². The molecule has 0 spiro atoms. The number of nitrogens with two attached hydrogens (primary N) is 1. The van der Waals surface area contributed by atoms with Crippen LogP contribution in [0.3, 0.4) is 0 Å². The van der Waals surface area contributed by atoms with Crippen molar-refractivity contribution in [2.75, 3.05) is 6.54 Å². The zero-order chi connectivity index (χ0) is 9.68. The van der Waals surface area contributed by atoms with Gasteiger partial charge in [0.25, 0.3) is 0 Å². The number of hydrogen-bond donors (Lipinski definition) is 1. The summed E-state index contributed by atoms with van der Waals surface area (Å²) >= 11 is 0. The molecule has 0 heterocycles. The van der Waals surface area contributed by atoms with Crippen molar-refractivity contribution in [3.05, 3.63) is 23.9 Å². The Labute approximate surface area is 80.2 Å². The molecule has 0 aromatic carbocycles. The van der Waals surface area contributed by atoms with Gasteiger partial charge in [-0.15, -0.1) is 0 Å². The zero-order valence-electron chi connectivity index (χ0n) is 8.46. The molecule has 1 aliphatic rings. The van der Waals surface area contributed by atoms with Gasteiger partial charge in [-0.25, -0.2) is 0 Å². The van der Waals surface area contributed by atoms with Gasteiger partial charge in [0.15, 0.2) is 0 Å². The van der Waals surface area contributed by atoms with Gasteiger partial charge in [0.05, 0.1) is 0 Å². The summed E-state index contributed by atoms with van der Waals surface area (Å²) in [6.07, 6.45) is 7.98. The van der Waals surface area contributed by atoms with Crippen LogP contribution in [0, 0.1) is 5.92 Å². The third-order valence-corrected chi connectivity index (χ3v) is 2.01. The molecule has 0 aromatic rings. The molecule has 2 N–H and O–H groups in total. The number of rotatable bonds is 2. The molecule has 2 nitrogen and oxygen atoms in total. The van der Waals surface area contributed by atoms with Crippen LogP contribution in [-0.2, 0) is 0 Å². The molecule has 0 atom stereocenters. The van der Waals surface area contributed by atoms with Crippen molar-refractivity contribution in [3.8, 4) is 0 Å². The number of allylic oxidation sites excluding steroid dienone is 3. The second-order valence-corrected chi connectivity index (χ2v) is 3.74. The molecular formula is C11H18N2. The van der Waals surface area contributed by atoms with Crippen LogP contribution in [0.1, 0.15) is 26.7 Å². The van der Waals surface area contributed by atoms with Gasteiger partial charge >= 0.3 is 0 Å². The molecule has 72 valence electrons. The van der Waals surface area contributed by atoms with Crippen molar-refractivity contribution in [2.45, 2.75) is 26.7 Å². The SMILES string of the molecule is CC(C)CN=C1CCC=CC1=CN. The summed E-state index contributed by atoms with van der Waals surface area (Å²) in [4.78, 5) is 4.55. The minimum Gasteiger partial charge on any atom is -0.404 e. The van der Waals surface area contributed by atoms with Crippen molar-refractivity contribution in [2.24, 2.45) is 16.6 Å². The van der Waals surface area contributed by atoms with E-state index in [0.29, 0.717) is 5.92 Å². The third kappa shape index (κ3) is 3.05. The Balaban J connectivity index is 2.67. The Morgan fingerprint density at radius 2 is 2.38 bits per heavy atom. The lowest BCUT2D eigenvalue weighted by Crippen LogP contribution is -2.09. The first kappa shape index (κ1) is 10.0. The molecule has 0 saturated heterocycles. The highest BCUT2D eigenvalue weighted by molar-refractivity contribution is 6.03. The van der Waals surface area contributed by atoms with Gasteiger partial charge in [-0.3, -0.25) is 4.99 Å². The maximum atomic E-state index is 5.51. The molecular weight excluding hydrogens is 160 g/mol. The minimum absolute atomic E-state index is 0.623. The highest BCUT2D eigenvalue weighted by Crippen LogP contribution is 2.13. The standard InChI is InChI=1S/C11H18N2/c1-9(2)8-13-11-6-4-3-5-10(11)7-12/h3,5,7,9H,4,6,8,12H2,1-2H3. The topological polar surface area (TPSA) is 38.4 Å². The maximum absolute atomic E-state index is 5.51. The molecule has 1 rings (SSSR count). The summed E-state index contributed by atoms with van der Waals surface area (Å²) in [5.74, 6) is 0.623. The van der Waals surface area contributed by atoms with Crippen molar-refractivity contribution in [3.63, 3.8) is 0 Å². The summed E-state index contributed by atoms with van der Waals surface area (Å²) in [5.41, 5.74) is 7.76. The highest BCUT2D eigenvalue weighted by atomic mass is 14.7. The predicted molar refractivity (Wildman–Crippen MR) is 57.8 cm³/mol. The van der Waals surface area contributed by atoms with Gasteiger partial charge in [0.1, 0.15) is 0 Å². The number of nitrogens with zero attached hydrogens (tertiary/aromatic N) is 1. The summed E-state index contributed by atoms with van der Waals surface area (Å²) < 4.78 is 0. The second kappa shape index (κ2) is 4.85. The first-order valence-electron chi connectivity index (χ1n) is 4.86. The van der Waals surface area contributed by atoms with Crippen LogP contribution >= 0.6 is 0 Å². The van der Waals surface area contributed by atoms with E-state index in [0.717, 1.165) is 25.0 Å². The smallest absolute Gasteiger partial charge is 0.0438 e. The maximum Gasteiger partial charge on any atom is 0.0438 e. The van der Waals surface area contributed by atoms with Gasteiger partial charge < -0.3 is 5.73 Å². The highest BCUT2D eigenvalue weighted by Gasteiger charge is 2.07. The van der Waals surface area contributed by atoms with Crippen molar-refractivity contribution in [1.29, 1.82) is 0 Å². The first-order valence-corrected chi connectivity index (χ1v) is 4.86. The van der Waals surface area contributed by atoms with Gasteiger partial charge in [0, 0.05) is 24.0 Å².